The zero-order chi connectivity index (χ0) is 14.0. The van der Waals surface area contributed by atoms with Crippen molar-refractivity contribution in [1.82, 2.24) is 5.32 Å². The van der Waals surface area contributed by atoms with E-state index in [9.17, 15) is 0 Å². The van der Waals surface area contributed by atoms with E-state index in [0.29, 0.717) is 5.92 Å². The molecule has 1 atom stereocenters. The van der Waals surface area contributed by atoms with Crippen molar-refractivity contribution in [3.05, 3.63) is 29.3 Å². The van der Waals surface area contributed by atoms with Crippen molar-refractivity contribution in [2.75, 3.05) is 11.9 Å². The highest BCUT2D eigenvalue weighted by atomic mass is 15.1. The second-order valence-electron chi connectivity index (χ2n) is 6.77. The molecule has 1 unspecified atom stereocenters. The Morgan fingerprint density at radius 2 is 2.05 bits per heavy atom. The van der Waals surface area contributed by atoms with Crippen molar-refractivity contribution in [3.63, 3.8) is 0 Å². The Labute approximate surface area is 116 Å². The normalized spacial score (nSPS) is 18.3. The van der Waals surface area contributed by atoms with Gasteiger partial charge in [0.05, 0.1) is 6.34 Å². The summed E-state index contributed by atoms with van der Waals surface area (Å²) < 4.78 is 0. The van der Waals surface area contributed by atoms with Crippen LogP contribution in [0.15, 0.2) is 23.2 Å². The Balaban J connectivity index is 2.18. The summed E-state index contributed by atoms with van der Waals surface area (Å²) in [5.41, 5.74) is 4.03. The first kappa shape index (κ1) is 14.1. The molecule has 2 rings (SSSR count). The van der Waals surface area contributed by atoms with Crippen LogP contribution in [0.3, 0.4) is 0 Å². The Kier molecular flexibility index (Phi) is 3.95. The lowest BCUT2D eigenvalue weighted by Gasteiger charge is -2.27. The number of hydrogen-bond donors (Lipinski definition) is 2. The van der Waals surface area contributed by atoms with E-state index in [1.165, 1.54) is 16.8 Å². The van der Waals surface area contributed by atoms with Gasteiger partial charge in [-0.1, -0.05) is 46.8 Å². The second kappa shape index (κ2) is 5.33. The summed E-state index contributed by atoms with van der Waals surface area (Å²) >= 11 is 0. The van der Waals surface area contributed by atoms with Crippen molar-refractivity contribution in [1.29, 1.82) is 0 Å². The third-order valence-electron chi connectivity index (χ3n) is 3.31. The van der Waals surface area contributed by atoms with Gasteiger partial charge in [-0.3, -0.25) is 10.3 Å². The Hall–Kier alpha value is -1.35. The number of nitrogens with one attached hydrogen (secondary N) is 2. The monoisotopic (exact) mass is 259 g/mol. The lowest BCUT2D eigenvalue weighted by atomic mass is 9.95. The molecule has 0 spiro atoms. The molecule has 0 aliphatic carbocycles. The minimum Gasteiger partial charge on any atom is -0.346 e. The summed E-state index contributed by atoms with van der Waals surface area (Å²) in [6, 6.07) is 6.63. The molecule has 3 nitrogen and oxygen atoms in total. The maximum Gasteiger partial charge on any atom is 0.129 e. The van der Waals surface area contributed by atoms with Crippen molar-refractivity contribution < 1.29 is 0 Å². The largest absolute Gasteiger partial charge is 0.346 e. The third kappa shape index (κ3) is 3.57. The SMILES string of the molecule is CC(C)c1ccc2c(c1)NC=NC2NCC(C)(C)C. The molecule has 1 aromatic rings. The van der Waals surface area contributed by atoms with Gasteiger partial charge in [0.2, 0.25) is 0 Å². The maximum atomic E-state index is 4.50. The topological polar surface area (TPSA) is 36.4 Å². The van der Waals surface area contributed by atoms with Gasteiger partial charge in [0.15, 0.2) is 0 Å². The third-order valence-corrected chi connectivity index (χ3v) is 3.31. The molecule has 1 aliphatic heterocycles. The van der Waals surface area contributed by atoms with E-state index < -0.39 is 0 Å². The molecular formula is C16H25N3. The molecule has 1 aliphatic rings. The molecule has 0 radical (unpaired) electrons. The number of nitrogens with zero attached hydrogens (tertiary/aromatic N) is 1. The number of hydrogen-bond acceptors (Lipinski definition) is 3. The highest BCUT2D eigenvalue weighted by molar-refractivity contribution is 5.80. The van der Waals surface area contributed by atoms with E-state index in [1.54, 1.807) is 6.34 Å². The van der Waals surface area contributed by atoms with Crippen LogP contribution in [-0.2, 0) is 0 Å². The van der Waals surface area contributed by atoms with Crippen LogP contribution < -0.4 is 10.6 Å². The van der Waals surface area contributed by atoms with Gasteiger partial charge < -0.3 is 5.32 Å². The standard InChI is InChI=1S/C16H25N3/c1-11(2)12-6-7-13-14(8-12)18-10-19-15(13)17-9-16(3,4)5/h6-8,10-11,15,17H,9H2,1-5H3,(H,18,19). The van der Waals surface area contributed by atoms with Gasteiger partial charge in [-0.2, -0.15) is 0 Å². The number of aliphatic imine (C=N–C) groups is 1. The van der Waals surface area contributed by atoms with E-state index in [-0.39, 0.29) is 11.6 Å². The van der Waals surface area contributed by atoms with Crippen LogP contribution in [0.1, 0.15) is 57.8 Å². The van der Waals surface area contributed by atoms with Crippen LogP contribution in [0.4, 0.5) is 5.69 Å². The average molecular weight is 259 g/mol. The van der Waals surface area contributed by atoms with Gasteiger partial charge in [0.25, 0.3) is 0 Å². The molecule has 3 heteroatoms. The van der Waals surface area contributed by atoms with Gasteiger partial charge in [0.1, 0.15) is 6.17 Å². The molecule has 2 N–H and O–H groups in total. The van der Waals surface area contributed by atoms with E-state index in [0.717, 1.165) is 6.54 Å². The highest BCUT2D eigenvalue weighted by Crippen LogP contribution is 2.30. The molecular weight excluding hydrogens is 234 g/mol. The van der Waals surface area contributed by atoms with E-state index in [1.807, 2.05) is 0 Å². The Bertz CT molecular complexity index is 469. The fourth-order valence-corrected chi connectivity index (χ4v) is 2.12. The first-order chi connectivity index (χ1) is 8.87. The van der Waals surface area contributed by atoms with E-state index in [2.05, 4.69) is 68.4 Å². The molecule has 0 fully saturated rings. The Morgan fingerprint density at radius 3 is 2.68 bits per heavy atom. The second-order valence-corrected chi connectivity index (χ2v) is 6.77. The smallest absolute Gasteiger partial charge is 0.129 e. The molecule has 1 aromatic carbocycles. The number of anilines is 1. The summed E-state index contributed by atoms with van der Waals surface area (Å²) in [6.07, 6.45) is 1.86. The summed E-state index contributed by atoms with van der Waals surface area (Å²) in [5, 5.41) is 6.78. The molecule has 1 heterocycles. The van der Waals surface area contributed by atoms with Crippen molar-refractivity contribution in [2.45, 2.75) is 46.7 Å². The molecule has 0 amide bonds. The van der Waals surface area contributed by atoms with Crippen LogP contribution in [0.25, 0.3) is 0 Å². The average Bonchev–Trinajstić information content (AvgIpc) is 2.34. The summed E-state index contributed by atoms with van der Waals surface area (Å²) in [6.45, 7) is 12.1. The van der Waals surface area contributed by atoms with Gasteiger partial charge in [-0.15, -0.1) is 0 Å². The minimum absolute atomic E-state index is 0.0664. The van der Waals surface area contributed by atoms with Crippen LogP contribution in [-0.4, -0.2) is 12.9 Å². The summed E-state index contributed by atoms with van der Waals surface area (Å²) in [5.74, 6) is 0.548. The van der Waals surface area contributed by atoms with E-state index >= 15 is 0 Å². The lowest BCUT2D eigenvalue weighted by molar-refractivity contribution is 0.356. The van der Waals surface area contributed by atoms with Crippen LogP contribution in [0, 0.1) is 5.41 Å². The van der Waals surface area contributed by atoms with E-state index in [4.69, 9.17) is 0 Å². The van der Waals surface area contributed by atoms with Crippen molar-refractivity contribution >= 4 is 12.0 Å². The zero-order valence-corrected chi connectivity index (χ0v) is 12.6. The summed E-state index contributed by atoms with van der Waals surface area (Å²) in [4.78, 5) is 4.50. The lowest BCUT2D eigenvalue weighted by Crippen LogP contribution is -2.31. The first-order valence-electron chi connectivity index (χ1n) is 7.02. The molecule has 0 aromatic heterocycles. The quantitative estimate of drug-likeness (QED) is 0.863. The fourth-order valence-electron chi connectivity index (χ4n) is 2.12. The van der Waals surface area contributed by atoms with Crippen LogP contribution in [0.5, 0.6) is 0 Å². The summed E-state index contributed by atoms with van der Waals surface area (Å²) in [7, 11) is 0. The predicted molar refractivity (Wildman–Crippen MR) is 82.8 cm³/mol. The zero-order valence-electron chi connectivity index (χ0n) is 12.6. The number of fused-ring (bicyclic) bond motifs is 1. The van der Waals surface area contributed by atoms with Gasteiger partial charge >= 0.3 is 0 Å². The molecule has 0 saturated heterocycles. The molecule has 19 heavy (non-hydrogen) atoms. The fraction of sp³-hybridized carbons (Fsp3) is 0.562. The highest BCUT2D eigenvalue weighted by Gasteiger charge is 2.20. The maximum absolute atomic E-state index is 4.50. The van der Waals surface area contributed by atoms with Crippen LogP contribution >= 0.6 is 0 Å². The number of rotatable bonds is 3. The molecule has 104 valence electrons. The molecule has 0 saturated carbocycles. The van der Waals surface area contributed by atoms with Gasteiger partial charge in [-0.25, -0.2) is 0 Å². The first-order valence-corrected chi connectivity index (χ1v) is 7.02. The van der Waals surface area contributed by atoms with Crippen molar-refractivity contribution in [2.24, 2.45) is 10.4 Å². The molecule has 0 bridgehead atoms. The van der Waals surface area contributed by atoms with Crippen LogP contribution in [0.2, 0.25) is 0 Å². The predicted octanol–water partition coefficient (Wildman–Crippen LogP) is 3.90. The Morgan fingerprint density at radius 1 is 1.32 bits per heavy atom. The number of benzene rings is 1. The van der Waals surface area contributed by atoms with Gasteiger partial charge in [0, 0.05) is 17.8 Å². The minimum atomic E-state index is 0.0664. The van der Waals surface area contributed by atoms with Crippen molar-refractivity contribution in [3.8, 4) is 0 Å². The van der Waals surface area contributed by atoms with Gasteiger partial charge in [-0.05, 0) is 23.0 Å².